The molecule has 0 saturated heterocycles. The van der Waals surface area contributed by atoms with Crippen molar-refractivity contribution in [3.8, 4) is 5.75 Å². The van der Waals surface area contributed by atoms with Crippen LogP contribution >= 0.6 is 0 Å². The lowest BCUT2D eigenvalue weighted by molar-refractivity contribution is 0.482. The average molecular weight is 183 g/mol. The zero-order valence-corrected chi connectivity index (χ0v) is 7.51. The van der Waals surface area contributed by atoms with Gasteiger partial charge in [-0.3, -0.25) is 0 Å². The van der Waals surface area contributed by atoms with Crippen LogP contribution in [0.4, 0.5) is 0 Å². The van der Waals surface area contributed by atoms with Crippen LogP contribution in [0.1, 0.15) is 0 Å². The van der Waals surface area contributed by atoms with Gasteiger partial charge < -0.3 is 9.51 Å². The molecule has 2 heterocycles. The molecule has 0 fully saturated rings. The van der Waals surface area contributed by atoms with Crippen molar-refractivity contribution >= 4 is 16.4 Å². The number of aromatic hydroxyl groups is 1. The van der Waals surface area contributed by atoms with Crippen LogP contribution in [0.5, 0.6) is 5.75 Å². The van der Waals surface area contributed by atoms with Crippen LogP contribution in [-0.2, 0) is 0 Å². The van der Waals surface area contributed by atoms with Crippen LogP contribution in [0.15, 0.2) is 48.7 Å². The summed E-state index contributed by atoms with van der Waals surface area (Å²) in [5.74, 6) is 0.340. The molecule has 0 aliphatic carbocycles. The highest BCUT2D eigenvalue weighted by Crippen LogP contribution is 2.26. The normalized spacial score (nSPS) is 11.1. The van der Waals surface area contributed by atoms with Crippen molar-refractivity contribution < 1.29 is 5.11 Å². The van der Waals surface area contributed by atoms with Gasteiger partial charge in [-0.1, -0.05) is 12.1 Å². The van der Waals surface area contributed by atoms with Crippen molar-refractivity contribution in [1.82, 2.24) is 4.40 Å². The maximum absolute atomic E-state index is 9.77. The zero-order chi connectivity index (χ0) is 9.54. The molecule has 3 rings (SSSR count). The fraction of sp³-hybridized carbons (Fsp3) is 0. The number of hydrogen-bond acceptors (Lipinski definition) is 1. The van der Waals surface area contributed by atoms with E-state index in [4.69, 9.17) is 0 Å². The number of rotatable bonds is 0. The molecule has 0 amide bonds. The highest BCUT2D eigenvalue weighted by atomic mass is 16.3. The van der Waals surface area contributed by atoms with Crippen molar-refractivity contribution in [1.29, 1.82) is 0 Å². The number of nitrogens with zero attached hydrogens (tertiary/aromatic N) is 1. The smallest absolute Gasteiger partial charge is 0.127 e. The maximum atomic E-state index is 9.77. The molecule has 0 unspecified atom stereocenters. The highest BCUT2D eigenvalue weighted by molar-refractivity contribution is 5.88. The van der Waals surface area contributed by atoms with E-state index in [-0.39, 0.29) is 0 Å². The second-order valence-corrected chi connectivity index (χ2v) is 3.35. The third-order valence-corrected chi connectivity index (χ3v) is 2.50. The molecule has 2 heteroatoms. The number of benzene rings is 1. The van der Waals surface area contributed by atoms with Crippen LogP contribution < -0.4 is 0 Å². The second-order valence-electron chi connectivity index (χ2n) is 3.35. The molecule has 0 bridgehead atoms. The lowest BCUT2D eigenvalue weighted by Crippen LogP contribution is -1.85. The van der Waals surface area contributed by atoms with Gasteiger partial charge in [0.05, 0.1) is 5.52 Å². The molecule has 2 aromatic heterocycles. The predicted molar refractivity (Wildman–Crippen MR) is 56.6 cm³/mol. The second kappa shape index (κ2) is 2.51. The fourth-order valence-corrected chi connectivity index (χ4v) is 1.85. The Morgan fingerprint density at radius 2 is 1.86 bits per heavy atom. The zero-order valence-electron chi connectivity index (χ0n) is 7.51. The lowest BCUT2D eigenvalue weighted by atomic mass is 10.2. The van der Waals surface area contributed by atoms with E-state index in [0.717, 1.165) is 16.4 Å². The van der Waals surface area contributed by atoms with Gasteiger partial charge in [0.25, 0.3) is 0 Å². The Labute approximate surface area is 81.0 Å². The van der Waals surface area contributed by atoms with Gasteiger partial charge in [0, 0.05) is 23.2 Å². The van der Waals surface area contributed by atoms with Crippen LogP contribution in [0.3, 0.4) is 0 Å². The molecule has 68 valence electrons. The molecule has 1 N–H and O–H groups in total. The summed E-state index contributed by atoms with van der Waals surface area (Å²) in [6.07, 6.45) is 2.00. The number of aromatic nitrogens is 1. The van der Waals surface area contributed by atoms with E-state index in [9.17, 15) is 5.11 Å². The highest BCUT2D eigenvalue weighted by Gasteiger charge is 2.03. The first-order chi connectivity index (χ1) is 6.86. The Hall–Kier alpha value is -1.96. The molecule has 0 aliphatic rings. The minimum absolute atomic E-state index is 0.340. The van der Waals surface area contributed by atoms with Crippen LogP contribution in [0, 0.1) is 0 Å². The first-order valence-corrected chi connectivity index (χ1v) is 4.54. The minimum Gasteiger partial charge on any atom is -0.507 e. The van der Waals surface area contributed by atoms with Crippen molar-refractivity contribution in [2.75, 3.05) is 0 Å². The van der Waals surface area contributed by atoms with Gasteiger partial charge >= 0.3 is 0 Å². The first kappa shape index (κ1) is 7.44. The van der Waals surface area contributed by atoms with E-state index in [1.165, 1.54) is 0 Å². The van der Waals surface area contributed by atoms with Gasteiger partial charge in [-0.25, -0.2) is 0 Å². The maximum Gasteiger partial charge on any atom is 0.127 e. The van der Waals surface area contributed by atoms with Crippen molar-refractivity contribution in [2.45, 2.75) is 0 Å². The van der Waals surface area contributed by atoms with E-state index in [1.54, 1.807) is 6.07 Å². The molecule has 0 radical (unpaired) electrons. The summed E-state index contributed by atoms with van der Waals surface area (Å²) in [6, 6.07) is 13.6. The topological polar surface area (TPSA) is 24.6 Å². The fourth-order valence-electron chi connectivity index (χ4n) is 1.85. The number of hydrogen-bond donors (Lipinski definition) is 1. The summed E-state index contributed by atoms with van der Waals surface area (Å²) in [6.45, 7) is 0. The van der Waals surface area contributed by atoms with Gasteiger partial charge in [-0.2, -0.15) is 0 Å². The lowest BCUT2D eigenvalue weighted by Gasteiger charge is -2.04. The summed E-state index contributed by atoms with van der Waals surface area (Å²) < 4.78 is 2.06. The standard InChI is InChI=1S/C12H9NO/c14-12-8-9-4-3-7-13(9)11-6-2-1-5-10(11)12/h1-8,14H. The van der Waals surface area contributed by atoms with Crippen molar-refractivity contribution in [3.05, 3.63) is 48.7 Å². The Kier molecular flexibility index (Phi) is 1.34. The van der Waals surface area contributed by atoms with Gasteiger partial charge in [0.15, 0.2) is 0 Å². The number of para-hydroxylation sites is 1. The van der Waals surface area contributed by atoms with Gasteiger partial charge in [0.2, 0.25) is 0 Å². The van der Waals surface area contributed by atoms with Gasteiger partial charge in [-0.05, 0) is 24.3 Å². The summed E-state index contributed by atoms with van der Waals surface area (Å²) in [7, 11) is 0. The molecule has 0 saturated carbocycles. The SMILES string of the molecule is Oc1cc2cccn2c2ccccc12. The Balaban J connectivity index is 2.67. The average Bonchev–Trinajstić information content (AvgIpc) is 2.66. The van der Waals surface area contributed by atoms with Crippen molar-refractivity contribution in [3.63, 3.8) is 0 Å². The molecular weight excluding hydrogens is 174 g/mol. The number of pyridine rings is 1. The Morgan fingerprint density at radius 3 is 2.79 bits per heavy atom. The van der Waals surface area contributed by atoms with Crippen LogP contribution in [-0.4, -0.2) is 9.51 Å². The van der Waals surface area contributed by atoms with E-state index in [0.29, 0.717) is 5.75 Å². The largest absolute Gasteiger partial charge is 0.507 e. The Bertz CT molecular complexity index is 610. The quantitative estimate of drug-likeness (QED) is 0.569. The Morgan fingerprint density at radius 1 is 1.00 bits per heavy atom. The predicted octanol–water partition coefficient (Wildman–Crippen LogP) is 2.80. The molecule has 0 spiro atoms. The number of fused-ring (bicyclic) bond motifs is 3. The molecule has 0 atom stereocenters. The molecule has 0 aliphatic heterocycles. The third kappa shape index (κ3) is 0.852. The van der Waals surface area contributed by atoms with Crippen molar-refractivity contribution in [2.24, 2.45) is 0 Å². The molecule has 3 aromatic rings. The van der Waals surface area contributed by atoms with E-state index >= 15 is 0 Å². The van der Waals surface area contributed by atoms with Crippen LogP contribution in [0.25, 0.3) is 16.4 Å². The molecule has 1 aromatic carbocycles. The van der Waals surface area contributed by atoms with E-state index in [1.807, 2.05) is 42.6 Å². The summed E-state index contributed by atoms with van der Waals surface area (Å²) in [5.41, 5.74) is 2.05. The summed E-state index contributed by atoms with van der Waals surface area (Å²) in [4.78, 5) is 0. The first-order valence-electron chi connectivity index (χ1n) is 4.54. The van der Waals surface area contributed by atoms with Gasteiger partial charge in [-0.15, -0.1) is 0 Å². The molecular formula is C12H9NO. The summed E-state index contributed by atoms with van der Waals surface area (Å²) >= 11 is 0. The van der Waals surface area contributed by atoms with Crippen LogP contribution in [0.2, 0.25) is 0 Å². The molecule has 14 heavy (non-hydrogen) atoms. The monoisotopic (exact) mass is 183 g/mol. The molecule has 2 nitrogen and oxygen atoms in total. The third-order valence-electron chi connectivity index (χ3n) is 2.50. The summed E-state index contributed by atoms with van der Waals surface area (Å²) in [5, 5.41) is 10.7. The minimum atomic E-state index is 0.340. The van der Waals surface area contributed by atoms with Gasteiger partial charge in [0.1, 0.15) is 5.75 Å². The van der Waals surface area contributed by atoms with E-state index in [2.05, 4.69) is 4.40 Å². The van der Waals surface area contributed by atoms with E-state index < -0.39 is 0 Å².